The third-order valence-electron chi connectivity index (χ3n) is 3.91. The predicted molar refractivity (Wildman–Crippen MR) is 82.8 cm³/mol. The Hall–Kier alpha value is -2.48. The van der Waals surface area contributed by atoms with E-state index in [1.165, 1.54) is 10.7 Å². The van der Waals surface area contributed by atoms with E-state index < -0.39 is 17.4 Å². The molecule has 0 spiro atoms. The van der Waals surface area contributed by atoms with Gasteiger partial charge in [0.1, 0.15) is 5.69 Å². The summed E-state index contributed by atoms with van der Waals surface area (Å²) in [6, 6.07) is 1.73. The van der Waals surface area contributed by atoms with Gasteiger partial charge >= 0.3 is 11.8 Å². The molecule has 1 atom stereocenters. The Morgan fingerprint density at radius 3 is 3.04 bits per heavy atom. The highest BCUT2D eigenvalue weighted by molar-refractivity contribution is 6.40. The van der Waals surface area contributed by atoms with Crippen LogP contribution >= 0.6 is 0 Å². The van der Waals surface area contributed by atoms with Crippen molar-refractivity contribution in [2.45, 2.75) is 31.8 Å². The molecular formula is C15H19N5O3. The van der Waals surface area contributed by atoms with E-state index in [9.17, 15) is 9.59 Å². The minimum Gasteiger partial charge on any atom is -0.373 e. The fourth-order valence-electron chi connectivity index (χ4n) is 2.57. The third kappa shape index (κ3) is 3.48. The first-order valence-corrected chi connectivity index (χ1v) is 7.59. The maximum absolute atomic E-state index is 12.0. The van der Waals surface area contributed by atoms with Crippen molar-refractivity contribution in [1.82, 2.24) is 19.9 Å². The highest BCUT2D eigenvalue weighted by Gasteiger charge is 2.29. The molecule has 0 bridgehead atoms. The number of fused-ring (bicyclic) bond motifs is 1. The van der Waals surface area contributed by atoms with Gasteiger partial charge in [0.25, 0.3) is 0 Å². The summed E-state index contributed by atoms with van der Waals surface area (Å²) in [7, 11) is 0. The fraction of sp³-hybridized carbons (Fsp3) is 0.467. The number of nitrogens with zero attached hydrogens (tertiary/aromatic N) is 3. The van der Waals surface area contributed by atoms with Crippen molar-refractivity contribution in [3.05, 3.63) is 24.7 Å². The van der Waals surface area contributed by atoms with Crippen LogP contribution in [-0.2, 0) is 14.3 Å². The van der Waals surface area contributed by atoms with E-state index in [1.54, 1.807) is 18.5 Å². The van der Waals surface area contributed by atoms with Gasteiger partial charge in [0.15, 0.2) is 5.65 Å². The van der Waals surface area contributed by atoms with Crippen LogP contribution in [0.5, 0.6) is 0 Å². The minimum atomic E-state index is -0.745. The molecule has 2 N–H and O–H groups in total. The minimum absolute atomic E-state index is 0.312. The van der Waals surface area contributed by atoms with Gasteiger partial charge in [-0.3, -0.25) is 9.59 Å². The van der Waals surface area contributed by atoms with Crippen LogP contribution in [0.15, 0.2) is 24.7 Å². The molecule has 0 saturated carbocycles. The van der Waals surface area contributed by atoms with Crippen LogP contribution in [0.1, 0.15) is 26.2 Å². The number of hydrogen-bond acceptors (Lipinski definition) is 5. The van der Waals surface area contributed by atoms with Crippen molar-refractivity contribution >= 4 is 23.1 Å². The summed E-state index contributed by atoms with van der Waals surface area (Å²) in [6.07, 6.45) is 7.72. The molecule has 23 heavy (non-hydrogen) atoms. The Bertz CT molecular complexity index is 721. The van der Waals surface area contributed by atoms with Crippen molar-refractivity contribution in [1.29, 1.82) is 0 Å². The van der Waals surface area contributed by atoms with Gasteiger partial charge in [-0.15, -0.1) is 0 Å². The second-order valence-corrected chi connectivity index (χ2v) is 5.84. The number of carbonyl (C=O) groups is 2. The molecule has 3 heterocycles. The maximum atomic E-state index is 12.0. The van der Waals surface area contributed by atoms with E-state index >= 15 is 0 Å². The molecule has 8 nitrogen and oxygen atoms in total. The largest absolute Gasteiger partial charge is 0.373 e. The molecule has 2 aromatic rings. The Balaban J connectivity index is 1.58. The lowest BCUT2D eigenvalue weighted by Gasteiger charge is -2.33. The van der Waals surface area contributed by atoms with Crippen LogP contribution in [0, 0.1) is 0 Å². The fourth-order valence-corrected chi connectivity index (χ4v) is 2.57. The first-order valence-electron chi connectivity index (χ1n) is 7.59. The van der Waals surface area contributed by atoms with E-state index in [-0.39, 0.29) is 0 Å². The number of nitrogens with one attached hydrogen (secondary N) is 2. The van der Waals surface area contributed by atoms with Crippen LogP contribution < -0.4 is 10.6 Å². The van der Waals surface area contributed by atoms with Crippen LogP contribution in [0.2, 0.25) is 0 Å². The summed E-state index contributed by atoms with van der Waals surface area (Å²) in [5.74, 6) is -1.44. The van der Waals surface area contributed by atoms with Gasteiger partial charge in [-0.25, -0.2) is 9.50 Å². The Labute approximate surface area is 133 Å². The van der Waals surface area contributed by atoms with Crippen molar-refractivity contribution in [3.63, 3.8) is 0 Å². The van der Waals surface area contributed by atoms with Crippen LogP contribution in [-0.4, -0.2) is 45.2 Å². The SMILES string of the molecule is CC1(CNC(=O)C(=O)Nc2cnn3cccnc23)CCCCO1. The van der Waals surface area contributed by atoms with Gasteiger partial charge < -0.3 is 15.4 Å². The summed E-state index contributed by atoms with van der Waals surface area (Å²) >= 11 is 0. The molecule has 0 aliphatic carbocycles. The molecular weight excluding hydrogens is 298 g/mol. The van der Waals surface area contributed by atoms with Crippen LogP contribution in [0.4, 0.5) is 5.69 Å². The smallest absolute Gasteiger partial charge is 0.313 e. The normalized spacial score (nSPS) is 21.1. The zero-order valence-electron chi connectivity index (χ0n) is 12.9. The summed E-state index contributed by atoms with van der Waals surface area (Å²) in [5, 5.41) is 9.21. The molecule has 1 saturated heterocycles. The van der Waals surface area contributed by atoms with Crippen molar-refractivity contribution in [3.8, 4) is 0 Å². The number of hydrogen-bond donors (Lipinski definition) is 2. The second-order valence-electron chi connectivity index (χ2n) is 5.84. The summed E-state index contributed by atoms with van der Waals surface area (Å²) in [5.41, 5.74) is 0.474. The van der Waals surface area contributed by atoms with Gasteiger partial charge in [-0.1, -0.05) is 0 Å². The summed E-state index contributed by atoms with van der Waals surface area (Å²) < 4.78 is 7.21. The Kier molecular flexibility index (Phi) is 4.24. The van der Waals surface area contributed by atoms with Gasteiger partial charge in [0.05, 0.1) is 11.8 Å². The molecule has 122 valence electrons. The van der Waals surface area contributed by atoms with Crippen LogP contribution in [0.3, 0.4) is 0 Å². The van der Waals surface area contributed by atoms with E-state index in [4.69, 9.17) is 4.74 Å². The summed E-state index contributed by atoms with van der Waals surface area (Å²) in [4.78, 5) is 28.1. The zero-order valence-corrected chi connectivity index (χ0v) is 12.9. The summed E-state index contributed by atoms with van der Waals surface area (Å²) in [6.45, 7) is 2.94. The highest BCUT2D eigenvalue weighted by Crippen LogP contribution is 2.23. The quantitative estimate of drug-likeness (QED) is 0.814. The number of anilines is 1. The standard InChI is InChI=1S/C15H19N5O3/c1-15(5-2-3-8-23-15)10-17-13(21)14(22)19-11-9-18-20-7-4-6-16-12(11)20/h4,6-7,9H,2-3,5,8,10H2,1H3,(H,17,21)(H,19,22). The highest BCUT2D eigenvalue weighted by atomic mass is 16.5. The Morgan fingerprint density at radius 2 is 2.26 bits per heavy atom. The van der Waals surface area contributed by atoms with Crippen molar-refractivity contribution in [2.24, 2.45) is 0 Å². The molecule has 1 aliphatic heterocycles. The lowest BCUT2D eigenvalue weighted by Crippen LogP contribution is -2.47. The number of carbonyl (C=O) groups excluding carboxylic acids is 2. The number of rotatable bonds is 3. The van der Waals surface area contributed by atoms with Gasteiger partial charge in [-0.05, 0) is 32.3 Å². The maximum Gasteiger partial charge on any atom is 0.313 e. The monoisotopic (exact) mass is 317 g/mol. The lowest BCUT2D eigenvalue weighted by atomic mass is 9.96. The average Bonchev–Trinajstić information content (AvgIpc) is 2.96. The number of amides is 2. The average molecular weight is 317 g/mol. The molecule has 2 aromatic heterocycles. The molecule has 3 rings (SSSR count). The number of aromatic nitrogens is 3. The molecule has 1 aliphatic rings. The van der Waals surface area contributed by atoms with E-state index in [0.717, 1.165) is 19.3 Å². The molecule has 0 aromatic carbocycles. The molecule has 0 radical (unpaired) electrons. The zero-order chi connectivity index (χ0) is 16.3. The van der Waals surface area contributed by atoms with Gasteiger partial charge in [0, 0.05) is 25.5 Å². The van der Waals surface area contributed by atoms with Crippen LogP contribution in [0.25, 0.3) is 5.65 Å². The molecule has 8 heteroatoms. The van der Waals surface area contributed by atoms with Gasteiger partial charge in [0.2, 0.25) is 0 Å². The van der Waals surface area contributed by atoms with E-state index in [0.29, 0.717) is 24.5 Å². The Morgan fingerprint density at radius 1 is 1.39 bits per heavy atom. The van der Waals surface area contributed by atoms with Crippen molar-refractivity contribution < 1.29 is 14.3 Å². The predicted octanol–water partition coefficient (Wildman–Crippen LogP) is 0.743. The third-order valence-corrected chi connectivity index (χ3v) is 3.91. The number of ether oxygens (including phenoxy) is 1. The van der Waals surface area contributed by atoms with Crippen molar-refractivity contribution in [2.75, 3.05) is 18.5 Å². The van der Waals surface area contributed by atoms with E-state index in [1.807, 2.05) is 6.92 Å². The lowest BCUT2D eigenvalue weighted by molar-refractivity contribution is -0.137. The molecule has 2 amide bonds. The first kappa shape index (κ1) is 15.4. The van der Waals surface area contributed by atoms with E-state index in [2.05, 4.69) is 20.7 Å². The molecule has 1 fully saturated rings. The second kappa shape index (κ2) is 6.33. The first-order chi connectivity index (χ1) is 11.1. The molecule has 1 unspecified atom stereocenters. The van der Waals surface area contributed by atoms with Gasteiger partial charge in [-0.2, -0.15) is 5.10 Å². The topological polar surface area (TPSA) is 97.6 Å².